The van der Waals surface area contributed by atoms with E-state index in [4.69, 9.17) is 0 Å². The second kappa shape index (κ2) is 5.93. The van der Waals surface area contributed by atoms with Crippen molar-refractivity contribution in [2.24, 2.45) is 0 Å². The summed E-state index contributed by atoms with van der Waals surface area (Å²) in [6, 6.07) is 11.6. The second-order valence-electron chi connectivity index (χ2n) is 5.37. The number of carbonyl (C=O) groups is 1. The van der Waals surface area contributed by atoms with E-state index in [-0.39, 0.29) is 5.91 Å². The largest absolute Gasteiger partial charge is 0.348 e. The maximum atomic E-state index is 12.5. The molecule has 0 fully saturated rings. The van der Waals surface area contributed by atoms with Gasteiger partial charge in [0.2, 0.25) is 0 Å². The molecule has 2 aromatic heterocycles. The Labute approximate surface area is 129 Å². The molecule has 1 amide bonds. The number of pyridine rings is 2. The summed E-state index contributed by atoms with van der Waals surface area (Å²) >= 11 is 0. The fourth-order valence-corrected chi connectivity index (χ4v) is 2.44. The Morgan fingerprint density at radius 1 is 1.09 bits per heavy atom. The number of benzene rings is 1. The molecule has 0 aliphatic rings. The van der Waals surface area contributed by atoms with E-state index < -0.39 is 0 Å². The fraction of sp³-hybridized carbons (Fsp3) is 0.167. The number of rotatable bonds is 3. The van der Waals surface area contributed by atoms with Crippen LogP contribution in [-0.4, -0.2) is 15.9 Å². The SMILES string of the molecule is Cc1ccc2nc(C)cc(C(=O)NCc3ccncc3)c2c1. The van der Waals surface area contributed by atoms with Crippen LogP contribution < -0.4 is 5.32 Å². The van der Waals surface area contributed by atoms with Crippen LogP contribution in [0.1, 0.15) is 27.2 Å². The summed E-state index contributed by atoms with van der Waals surface area (Å²) < 4.78 is 0. The third-order valence-electron chi connectivity index (χ3n) is 3.54. The van der Waals surface area contributed by atoms with Crippen LogP contribution in [0.3, 0.4) is 0 Å². The van der Waals surface area contributed by atoms with Gasteiger partial charge in [-0.05, 0) is 49.7 Å². The second-order valence-corrected chi connectivity index (χ2v) is 5.37. The van der Waals surface area contributed by atoms with Crippen LogP contribution >= 0.6 is 0 Å². The predicted molar refractivity (Wildman–Crippen MR) is 86.6 cm³/mol. The van der Waals surface area contributed by atoms with Gasteiger partial charge in [-0.15, -0.1) is 0 Å². The lowest BCUT2D eigenvalue weighted by atomic mass is 10.0. The number of nitrogens with one attached hydrogen (secondary N) is 1. The van der Waals surface area contributed by atoms with Crippen LogP contribution in [-0.2, 0) is 6.54 Å². The van der Waals surface area contributed by atoms with Crippen LogP contribution in [0.25, 0.3) is 10.9 Å². The summed E-state index contributed by atoms with van der Waals surface area (Å²) in [5, 5.41) is 3.85. The third kappa shape index (κ3) is 2.96. The molecule has 0 aliphatic carbocycles. The van der Waals surface area contributed by atoms with E-state index in [1.165, 1.54) is 0 Å². The van der Waals surface area contributed by atoms with Crippen LogP contribution in [0, 0.1) is 13.8 Å². The number of aryl methyl sites for hydroxylation is 2. The van der Waals surface area contributed by atoms with Crippen molar-refractivity contribution in [2.45, 2.75) is 20.4 Å². The quantitative estimate of drug-likeness (QED) is 0.806. The first kappa shape index (κ1) is 14.2. The Bertz CT molecular complexity index is 828. The Morgan fingerprint density at radius 2 is 1.86 bits per heavy atom. The van der Waals surface area contributed by atoms with E-state index in [2.05, 4.69) is 15.3 Å². The van der Waals surface area contributed by atoms with Crippen molar-refractivity contribution >= 4 is 16.8 Å². The van der Waals surface area contributed by atoms with Crippen LogP contribution in [0.5, 0.6) is 0 Å². The Kier molecular flexibility index (Phi) is 3.83. The molecule has 0 radical (unpaired) electrons. The van der Waals surface area contributed by atoms with Gasteiger partial charge in [-0.1, -0.05) is 11.6 Å². The van der Waals surface area contributed by atoms with Crippen LogP contribution in [0.2, 0.25) is 0 Å². The molecule has 0 unspecified atom stereocenters. The molecule has 2 heterocycles. The highest BCUT2D eigenvalue weighted by molar-refractivity contribution is 6.06. The van der Waals surface area contributed by atoms with E-state index in [0.29, 0.717) is 12.1 Å². The van der Waals surface area contributed by atoms with E-state index >= 15 is 0 Å². The number of hydrogen-bond acceptors (Lipinski definition) is 3. The molecule has 1 aromatic carbocycles. The molecule has 22 heavy (non-hydrogen) atoms. The smallest absolute Gasteiger partial charge is 0.252 e. The molecular formula is C18H17N3O. The van der Waals surface area contributed by atoms with Crippen molar-refractivity contribution in [3.63, 3.8) is 0 Å². The lowest BCUT2D eigenvalue weighted by molar-refractivity contribution is 0.0952. The first-order valence-electron chi connectivity index (χ1n) is 7.18. The van der Waals surface area contributed by atoms with Gasteiger partial charge in [-0.25, -0.2) is 0 Å². The molecule has 0 bridgehead atoms. The number of aromatic nitrogens is 2. The normalized spacial score (nSPS) is 10.6. The number of carbonyl (C=O) groups excluding carboxylic acids is 1. The third-order valence-corrected chi connectivity index (χ3v) is 3.54. The maximum Gasteiger partial charge on any atom is 0.252 e. The molecule has 3 rings (SSSR count). The lowest BCUT2D eigenvalue weighted by Crippen LogP contribution is -2.23. The molecule has 4 nitrogen and oxygen atoms in total. The molecular weight excluding hydrogens is 274 g/mol. The summed E-state index contributed by atoms with van der Waals surface area (Å²) in [7, 11) is 0. The standard InChI is InChI=1S/C18H17N3O/c1-12-3-4-17-15(9-12)16(10-13(2)21-17)18(22)20-11-14-5-7-19-8-6-14/h3-10H,11H2,1-2H3,(H,20,22). The van der Waals surface area contributed by atoms with Gasteiger partial charge in [0, 0.05) is 30.0 Å². The molecule has 1 N–H and O–H groups in total. The fourth-order valence-electron chi connectivity index (χ4n) is 2.44. The topological polar surface area (TPSA) is 54.9 Å². The first-order chi connectivity index (χ1) is 10.6. The van der Waals surface area contributed by atoms with Gasteiger partial charge < -0.3 is 5.32 Å². The van der Waals surface area contributed by atoms with Gasteiger partial charge in [-0.3, -0.25) is 14.8 Å². The zero-order chi connectivity index (χ0) is 15.5. The van der Waals surface area contributed by atoms with Gasteiger partial charge in [0.1, 0.15) is 0 Å². The average molecular weight is 291 g/mol. The zero-order valence-corrected chi connectivity index (χ0v) is 12.6. The van der Waals surface area contributed by atoms with Crippen molar-refractivity contribution in [3.8, 4) is 0 Å². The number of amides is 1. The predicted octanol–water partition coefficient (Wildman–Crippen LogP) is 3.18. The number of nitrogens with zero attached hydrogens (tertiary/aromatic N) is 2. The molecule has 0 spiro atoms. The minimum atomic E-state index is -0.0853. The van der Waals surface area contributed by atoms with Gasteiger partial charge >= 0.3 is 0 Å². The van der Waals surface area contributed by atoms with E-state index in [9.17, 15) is 4.79 Å². The van der Waals surface area contributed by atoms with Crippen molar-refractivity contribution in [1.29, 1.82) is 0 Å². The van der Waals surface area contributed by atoms with E-state index in [1.54, 1.807) is 12.4 Å². The summed E-state index contributed by atoms with van der Waals surface area (Å²) in [6.45, 7) is 4.40. The Hall–Kier alpha value is -2.75. The minimum absolute atomic E-state index is 0.0853. The maximum absolute atomic E-state index is 12.5. The van der Waals surface area contributed by atoms with Crippen molar-refractivity contribution in [2.75, 3.05) is 0 Å². The molecule has 0 aliphatic heterocycles. The number of hydrogen-bond donors (Lipinski definition) is 1. The van der Waals surface area contributed by atoms with Gasteiger partial charge in [0.15, 0.2) is 0 Å². The summed E-state index contributed by atoms with van der Waals surface area (Å²) in [5.74, 6) is -0.0853. The summed E-state index contributed by atoms with van der Waals surface area (Å²) in [6.07, 6.45) is 3.44. The van der Waals surface area contributed by atoms with E-state index in [1.807, 2.05) is 50.2 Å². The summed E-state index contributed by atoms with van der Waals surface area (Å²) in [4.78, 5) is 21.0. The summed E-state index contributed by atoms with van der Waals surface area (Å²) in [5.41, 5.74) is 4.49. The molecule has 110 valence electrons. The lowest BCUT2D eigenvalue weighted by Gasteiger charge is -2.10. The number of fused-ring (bicyclic) bond motifs is 1. The Balaban J connectivity index is 1.91. The van der Waals surface area contributed by atoms with Crippen LogP contribution in [0.15, 0.2) is 48.8 Å². The molecule has 3 aromatic rings. The van der Waals surface area contributed by atoms with Gasteiger partial charge in [0.25, 0.3) is 5.91 Å². The van der Waals surface area contributed by atoms with Gasteiger partial charge in [0.05, 0.1) is 11.1 Å². The molecule has 0 saturated heterocycles. The van der Waals surface area contributed by atoms with Gasteiger partial charge in [-0.2, -0.15) is 0 Å². The van der Waals surface area contributed by atoms with Crippen molar-refractivity contribution in [3.05, 3.63) is 71.2 Å². The monoisotopic (exact) mass is 291 g/mol. The molecule has 0 atom stereocenters. The first-order valence-corrected chi connectivity index (χ1v) is 7.18. The van der Waals surface area contributed by atoms with E-state index in [0.717, 1.165) is 27.7 Å². The Morgan fingerprint density at radius 3 is 2.64 bits per heavy atom. The van der Waals surface area contributed by atoms with Crippen LogP contribution in [0.4, 0.5) is 0 Å². The molecule has 0 saturated carbocycles. The highest BCUT2D eigenvalue weighted by Gasteiger charge is 2.12. The molecule has 4 heteroatoms. The van der Waals surface area contributed by atoms with Crippen molar-refractivity contribution < 1.29 is 4.79 Å². The van der Waals surface area contributed by atoms with Crippen molar-refractivity contribution in [1.82, 2.24) is 15.3 Å². The highest BCUT2D eigenvalue weighted by atomic mass is 16.1. The highest BCUT2D eigenvalue weighted by Crippen LogP contribution is 2.20. The minimum Gasteiger partial charge on any atom is -0.348 e. The zero-order valence-electron chi connectivity index (χ0n) is 12.6. The average Bonchev–Trinajstić information content (AvgIpc) is 2.53.